The summed E-state index contributed by atoms with van der Waals surface area (Å²) in [7, 11) is 4.66. The fourth-order valence-electron chi connectivity index (χ4n) is 1.77. The lowest BCUT2D eigenvalue weighted by atomic mass is 9.99. The molecule has 0 saturated carbocycles. The van der Waals surface area contributed by atoms with Crippen LogP contribution in [0.25, 0.3) is 0 Å². The van der Waals surface area contributed by atoms with E-state index in [2.05, 4.69) is 0 Å². The molecule has 1 aromatic rings. The van der Waals surface area contributed by atoms with Crippen LogP contribution >= 0.6 is 0 Å². The van der Waals surface area contributed by atoms with E-state index in [1.165, 1.54) is 0 Å². The molecule has 0 unspecified atom stereocenters. The van der Waals surface area contributed by atoms with Gasteiger partial charge in [-0.3, -0.25) is 0 Å². The van der Waals surface area contributed by atoms with Crippen LogP contribution in [0.5, 0.6) is 17.2 Å². The van der Waals surface area contributed by atoms with Crippen molar-refractivity contribution >= 4 is 0 Å². The van der Waals surface area contributed by atoms with E-state index in [-0.39, 0.29) is 0 Å². The van der Waals surface area contributed by atoms with Crippen molar-refractivity contribution in [3.05, 3.63) is 17.7 Å². The van der Waals surface area contributed by atoms with Gasteiger partial charge in [0.05, 0.1) is 33.5 Å². The third-order valence-electron chi connectivity index (χ3n) is 2.93. The fraction of sp³-hybridized carbons (Fsp3) is 0.538. The van der Waals surface area contributed by atoms with Crippen molar-refractivity contribution in [3.8, 4) is 17.2 Å². The summed E-state index contributed by atoms with van der Waals surface area (Å²) < 4.78 is 15.7. The van der Waals surface area contributed by atoms with Gasteiger partial charge < -0.3 is 25.1 Å². The van der Waals surface area contributed by atoms with Gasteiger partial charge in [0.1, 0.15) is 5.75 Å². The van der Waals surface area contributed by atoms with E-state index >= 15 is 0 Å². The van der Waals surface area contributed by atoms with Crippen molar-refractivity contribution in [2.45, 2.75) is 25.5 Å². The van der Waals surface area contributed by atoms with Crippen LogP contribution in [0.15, 0.2) is 12.1 Å². The predicted molar refractivity (Wildman–Crippen MR) is 69.3 cm³/mol. The molecule has 0 fully saturated rings. The summed E-state index contributed by atoms with van der Waals surface area (Å²) in [6.45, 7) is 1.87. The highest BCUT2D eigenvalue weighted by Crippen LogP contribution is 2.37. The van der Waals surface area contributed by atoms with Crippen molar-refractivity contribution in [3.63, 3.8) is 0 Å². The molecule has 18 heavy (non-hydrogen) atoms. The first-order chi connectivity index (χ1) is 8.58. The highest BCUT2D eigenvalue weighted by atomic mass is 16.5. The lowest BCUT2D eigenvalue weighted by Crippen LogP contribution is -2.26. The molecule has 1 rings (SSSR count). The molecule has 0 radical (unpaired) electrons. The minimum atomic E-state index is -0.628. The molecule has 102 valence electrons. The summed E-state index contributed by atoms with van der Waals surface area (Å²) in [5, 5.41) is 9.84. The van der Waals surface area contributed by atoms with Crippen LogP contribution in [-0.2, 0) is 0 Å². The maximum atomic E-state index is 9.84. The van der Waals surface area contributed by atoms with E-state index < -0.39 is 12.1 Å². The zero-order valence-corrected chi connectivity index (χ0v) is 11.3. The average Bonchev–Trinajstić information content (AvgIpc) is 2.43. The van der Waals surface area contributed by atoms with Gasteiger partial charge >= 0.3 is 0 Å². The largest absolute Gasteiger partial charge is 0.496 e. The van der Waals surface area contributed by atoms with E-state index in [1.807, 2.05) is 6.92 Å². The number of hydrogen-bond donors (Lipinski definition) is 2. The van der Waals surface area contributed by atoms with Crippen molar-refractivity contribution in [1.82, 2.24) is 0 Å². The number of hydrogen-bond acceptors (Lipinski definition) is 5. The molecule has 1 aromatic carbocycles. The molecule has 0 aromatic heterocycles. The third kappa shape index (κ3) is 2.86. The summed E-state index contributed by atoms with van der Waals surface area (Å²) in [4.78, 5) is 0. The molecule has 0 heterocycles. The number of nitrogens with two attached hydrogens (primary N) is 1. The van der Waals surface area contributed by atoms with Gasteiger partial charge in [0.15, 0.2) is 11.5 Å². The number of methoxy groups -OCH3 is 3. The van der Waals surface area contributed by atoms with Gasteiger partial charge in [0.2, 0.25) is 0 Å². The summed E-state index contributed by atoms with van der Waals surface area (Å²) in [6, 6.07) is 2.92. The van der Waals surface area contributed by atoms with Crippen LogP contribution in [0.1, 0.15) is 24.9 Å². The van der Waals surface area contributed by atoms with Gasteiger partial charge in [-0.1, -0.05) is 6.92 Å². The van der Waals surface area contributed by atoms with Crippen molar-refractivity contribution in [1.29, 1.82) is 0 Å². The molecular weight excluding hydrogens is 234 g/mol. The number of rotatable bonds is 6. The van der Waals surface area contributed by atoms with Crippen LogP contribution in [0.3, 0.4) is 0 Å². The molecule has 3 N–H and O–H groups in total. The molecule has 0 aliphatic carbocycles. The van der Waals surface area contributed by atoms with Gasteiger partial charge in [-0.2, -0.15) is 0 Å². The van der Waals surface area contributed by atoms with Gasteiger partial charge in [0, 0.05) is 11.6 Å². The number of benzene rings is 1. The van der Waals surface area contributed by atoms with E-state index in [0.717, 1.165) is 0 Å². The van der Waals surface area contributed by atoms with Crippen LogP contribution in [-0.4, -0.2) is 32.5 Å². The van der Waals surface area contributed by atoms with Crippen LogP contribution in [0.2, 0.25) is 0 Å². The monoisotopic (exact) mass is 255 g/mol. The van der Waals surface area contributed by atoms with Gasteiger partial charge in [-0.25, -0.2) is 0 Å². The van der Waals surface area contributed by atoms with Crippen LogP contribution < -0.4 is 19.9 Å². The summed E-state index contributed by atoms with van der Waals surface area (Å²) >= 11 is 0. The van der Waals surface area contributed by atoms with E-state index in [4.69, 9.17) is 19.9 Å². The Hall–Kier alpha value is -1.46. The minimum absolute atomic E-state index is 0.523. The topological polar surface area (TPSA) is 73.9 Å². The van der Waals surface area contributed by atoms with E-state index in [0.29, 0.717) is 29.2 Å². The average molecular weight is 255 g/mol. The zero-order valence-electron chi connectivity index (χ0n) is 11.3. The molecule has 5 nitrogen and oxygen atoms in total. The Morgan fingerprint density at radius 2 is 1.56 bits per heavy atom. The highest BCUT2D eigenvalue weighted by molar-refractivity contribution is 5.52. The van der Waals surface area contributed by atoms with Gasteiger partial charge in [-0.15, -0.1) is 0 Å². The maximum absolute atomic E-state index is 9.84. The number of aliphatic hydroxyl groups is 1. The first kappa shape index (κ1) is 14.6. The Morgan fingerprint density at radius 3 is 2.00 bits per heavy atom. The molecule has 0 aliphatic heterocycles. The molecule has 2 atom stereocenters. The van der Waals surface area contributed by atoms with Crippen molar-refractivity contribution in [2.75, 3.05) is 21.3 Å². The molecule has 5 heteroatoms. The third-order valence-corrected chi connectivity index (χ3v) is 2.93. The second-order valence-electron chi connectivity index (χ2n) is 3.95. The molecule has 0 amide bonds. The van der Waals surface area contributed by atoms with Gasteiger partial charge in [-0.05, 0) is 12.5 Å². The smallest absolute Gasteiger partial charge is 0.164 e. The zero-order chi connectivity index (χ0) is 13.7. The lowest BCUT2D eigenvalue weighted by Gasteiger charge is -2.21. The van der Waals surface area contributed by atoms with Crippen molar-refractivity contribution in [2.24, 2.45) is 5.73 Å². The van der Waals surface area contributed by atoms with Gasteiger partial charge in [0.25, 0.3) is 0 Å². The quantitative estimate of drug-likeness (QED) is 0.805. The summed E-state index contributed by atoms with van der Waals surface area (Å²) in [5.74, 6) is 1.70. The summed E-state index contributed by atoms with van der Waals surface area (Å²) in [5.41, 5.74) is 6.71. The Balaban J connectivity index is 3.24. The van der Waals surface area contributed by atoms with E-state index in [1.54, 1.807) is 33.5 Å². The van der Waals surface area contributed by atoms with Crippen LogP contribution in [0, 0.1) is 0 Å². The number of ether oxygens (including phenoxy) is 3. The van der Waals surface area contributed by atoms with Crippen LogP contribution in [0.4, 0.5) is 0 Å². The molecular formula is C13H21NO4. The standard InChI is InChI=1S/C13H21NO4/c1-5-9(15)13(14)8-6-11(17-3)12(18-4)7-10(8)16-2/h6-7,9,13,15H,5,14H2,1-4H3/t9-,13+/m0/s1. The SMILES string of the molecule is CC[C@H](O)[C@H](N)c1cc(OC)c(OC)cc1OC. The summed E-state index contributed by atoms with van der Waals surface area (Å²) in [6.07, 6.45) is -0.0597. The second-order valence-corrected chi connectivity index (χ2v) is 3.95. The Bertz CT molecular complexity index is 395. The lowest BCUT2D eigenvalue weighted by molar-refractivity contribution is 0.139. The number of aliphatic hydroxyl groups excluding tert-OH is 1. The Morgan fingerprint density at radius 1 is 1.06 bits per heavy atom. The Labute approximate surface area is 107 Å². The first-order valence-corrected chi connectivity index (χ1v) is 5.82. The molecule has 0 saturated heterocycles. The molecule has 0 bridgehead atoms. The minimum Gasteiger partial charge on any atom is -0.496 e. The molecule has 0 spiro atoms. The normalized spacial score (nSPS) is 13.9. The first-order valence-electron chi connectivity index (χ1n) is 5.82. The maximum Gasteiger partial charge on any atom is 0.164 e. The predicted octanol–water partition coefficient (Wildman–Crippen LogP) is 1.48. The highest BCUT2D eigenvalue weighted by Gasteiger charge is 2.21. The Kier molecular flexibility index (Phi) is 5.25. The molecule has 0 aliphatic rings. The van der Waals surface area contributed by atoms with Crippen molar-refractivity contribution < 1.29 is 19.3 Å². The van der Waals surface area contributed by atoms with E-state index in [9.17, 15) is 5.11 Å². The second kappa shape index (κ2) is 6.47. The fourth-order valence-corrected chi connectivity index (χ4v) is 1.77.